The third-order valence-corrected chi connectivity index (χ3v) is 6.21. The number of carbonyl (C=O) groups is 1. The van der Waals surface area contributed by atoms with E-state index in [1.54, 1.807) is 6.20 Å². The van der Waals surface area contributed by atoms with Gasteiger partial charge in [-0.3, -0.25) is 14.5 Å². The Morgan fingerprint density at radius 1 is 1.16 bits per heavy atom. The number of hydrogen-bond acceptors (Lipinski definition) is 6. The number of carbonyl (C=O) groups excluding carboxylic acids is 1. The standard InChI is InChI=1S/C23H29N5O2S/c1-15-9-16(2)28(27-15)14-19-11-21(30-20-7-5-4-6-8-20)10-18(25-19)12-22(29)26-23-24-13-17(3)31-23/h9-11,13,20H,4-8,12,14H2,1-3H3,(H,24,26,29). The summed E-state index contributed by atoms with van der Waals surface area (Å²) in [6.45, 7) is 6.52. The fourth-order valence-electron chi connectivity index (χ4n) is 3.96. The van der Waals surface area contributed by atoms with Gasteiger partial charge in [0.2, 0.25) is 5.91 Å². The quantitative estimate of drug-likeness (QED) is 0.582. The van der Waals surface area contributed by atoms with Crippen molar-refractivity contribution < 1.29 is 9.53 Å². The van der Waals surface area contributed by atoms with Crippen LogP contribution in [0, 0.1) is 20.8 Å². The number of pyridine rings is 1. The molecule has 3 aromatic rings. The normalized spacial score (nSPS) is 14.5. The summed E-state index contributed by atoms with van der Waals surface area (Å²) in [7, 11) is 0. The minimum absolute atomic E-state index is 0.131. The first-order valence-electron chi connectivity index (χ1n) is 10.8. The molecule has 1 amide bonds. The average molecular weight is 440 g/mol. The first kappa shape index (κ1) is 21.5. The number of hydrogen-bond donors (Lipinski definition) is 1. The molecule has 4 rings (SSSR count). The summed E-state index contributed by atoms with van der Waals surface area (Å²) in [6.07, 6.45) is 8.00. The van der Waals surface area contributed by atoms with Crippen LogP contribution in [0.25, 0.3) is 0 Å². The molecule has 31 heavy (non-hydrogen) atoms. The molecule has 1 N–H and O–H groups in total. The predicted octanol–water partition coefficient (Wildman–Crippen LogP) is 4.60. The molecule has 164 valence electrons. The van der Waals surface area contributed by atoms with Crippen LogP contribution in [-0.4, -0.2) is 31.8 Å². The fraction of sp³-hybridized carbons (Fsp3) is 0.478. The van der Waals surface area contributed by atoms with Gasteiger partial charge in [-0.1, -0.05) is 6.42 Å². The maximum absolute atomic E-state index is 12.6. The van der Waals surface area contributed by atoms with Gasteiger partial charge in [0.1, 0.15) is 5.75 Å². The Balaban J connectivity index is 1.53. The van der Waals surface area contributed by atoms with E-state index < -0.39 is 0 Å². The lowest BCUT2D eigenvalue weighted by atomic mass is 9.98. The van der Waals surface area contributed by atoms with Gasteiger partial charge in [-0.25, -0.2) is 4.98 Å². The van der Waals surface area contributed by atoms with Gasteiger partial charge in [-0.05, 0) is 52.5 Å². The van der Waals surface area contributed by atoms with Gasteiger partial charge in [-0.2, -0.15) is 5.10 Å². The van der Waals surface area contributed by atoms with Crippen LogP contribution in [0.2, 0.25) is 0 Å². The third kappa shape index (κ3) is 5.91. The van der Waals surface area contributed by atoms with Gasteiger partial charge in [0.05, 0.1) is 36.2 Å². The Bertz CT molecular complexity index is 1050. The number of nitrogens with one attached hydrogen (secondary N) is 1. The first-order chi connectivity index (χ1) is 14.9. The van der Waals surface area contributed by atoms with Crippen LogP contribution in [0.1, 0.15) is 59.8 Å². The number of amides is 1. The van der Waals surface area contributed by atoms with Crippen molar-refractivity contribution >= 4 is 22.4 Å². The largest absolute Gasteiger partial charge is 0.490 e. The summed E-state index contributed by atoms with van der Waals surface area (Å²) in [4.78, 5) is 22.6. The molecule has 1 aliphatic carbocycles. The molecule has 7 nitrogen and oxygen atoms in total. The van der Waals surface area contributed by atoms with E-state index in [1.165, 1.54) is 30.6 Å². The van der Waals surface area contributed by atoms with Gasteiger partial charge >= 0.3 is 0 Å². The van der Waals surface area contributed by atoms with Crippen molar-refractivity contribution in [3.8, 4) is 5.75 Å². The van der Waals surface area contributed by atoms with Crippen molar-refractivity contribution in [3.63, 3.8) is 0 Å². The Morgan fingerprint density at radius 3 is 2.61 bits per heavy atom. The molecule has 0 unspecified atom stereocenters. The van der Waals surface area contributed by atoms with E-state index in [2.05, 4.69) is 15.4 Å². The zero-order chi connectivity index (χ0) is 21.8. The summed E-state index contributed by atoms with van der Waals surface area (Å²) in [5.41, 5.74) is 3.59. The molecule has 0 aromatic carbocycles. The second-order valence-electron chi connectivity index (χ2n) is 8.25. The van der Waals surface area contributed by atoms with Crippen LogP contribution >= 0.6 is 11.3 Å². The topological polar surface area (TPSA) is 81.9 Å². The van der Waals surface area contributed by atoms with Crippen molar-refractivity contribution in [1.29, 1.82) is 0 Å². The van der Waals surface area contributed by atoms with E-state index in [1.807, 2.05) is 43.7 Å². The number of rotatable bonds is 7. The highest BCUT2D eigenvalue weighted by Gasteiger charge is 2.17. The lowest BCUT2D eigenvalue weighted by Gasteiger charge is -2.23. The summed E-state index contributed by atoms with van der Waals surface area (Å²) in [5, 5.41) is 8.02. The van der Waals surface area contributed by atoms with E-state index in [0.29, 0.717) is 17.4 Å². The van der Waals surface area contributed by atoms with Crippen LogP contribution in [0.15, 0.2) is 24.4 Å². The molecule has 8 heteroatoms. The highest BCUT2D eigenvalue weighted by Crippen LogP contribution is 2.25. The average Bonchev–Trinajstić information content (AvgIpc) is 3.26. The Labute approximate surface area is 186 Å². The molecule has 0 saturated heterocycles. The van der Waals surface area contributed by atoms with Crippen molar-refractivity contribution in [1.82, 2.24) is 19.7 Å². The number of aromatic nitrogens is 4. The lowest BCUT2D eigenvalue weighted by Crippen LogP contribution is -2.20. The highest BCUT2D eigenvalue weighted by molar-refractivity contribution is 7.15. The zero-order valence-corrected chi connectivity index (χ0v) is 19.2. The minimum atomic E-state index is -0.131. The van der Waals surface area contributed by atoms with Crippen molar-refractivity contribution in [3.05, 3.63) is 52.0 Å². The number of thiazole rings is 1. The van der Waals surface area contributed by atoms with Crippen LogP contribution < -0.4 is 10.1 Å². The summed E-state index contributed by atoms with van der Waals surface area (Å²) >= 11 is 1.46. The summed E-state index contributed by atoms with van der Waals surface area (Å²) in [6, 6.07) is 5.93. The number of aryl methyl sites for hydroxylation is 3. The molecular formula is C23H29N5O2S. The van der Waals surface area contributed by atoms with E-state index in [9.17, 15) is 4.79 Å². The molecule has 3 aromatic heterocycles. The van der Waals surface area contributed by atoms with Gasteiger partial charge in [0.25, 0.3) is 0 Å². The molecule has 0 bridgehead atoms. The molecule has 0 atom stereocenters. The number of anilines is 1. The maximum atomic E-state index is 12.6. The van der Waals surface area contributed by atoms with Crippen LogP contribution in [0.5, 0.6) is 5.75 Å². The molecule has 3 heterocycles. The minimum Gasteiger partial charge on any atom is -0.490 e. The molecule has 0 spiro atoms. The van der Waals surface area contributed by atoms with Gasteiger partial charge < -0.3 is 10.1 Å². The Kier molecular flexibility index (Phi) is 6.65. The second-order valence-corrected chi connectivity index (χ2v) is 9.48. The summed E-state index contributed by atoms with van der Waals surface area (Å²) < 4.78 is 8.24. The number of ether oxygens (including phenoxy) is 1. The van der Waals surface area contributed by atoms with Crippen LogP contribution in [0.3, 0.4) is 0 Å². The van der Waals surface area contributed by atoms with E-state index >= 15 is 0 Å². The van der Waals surface area contributed by atoms with Crippen molar-refractivity contribution in [2.45, 2.75) is 71.9 Å². The Morgan fingerprint density at radius 2 is 1.94 bits per heavy atom. The third-order valence-electron chi connectivity index (χ3n) is 5.38. The molecule has 1 saturated carbocycles. The summed E-state index contributed by atoms with van der Waals surface area (Å²) in [5.74, 6) is 0.653. The lowest BCUT2D eigenvalue weighted by molar-refractivity contribution is -0.115. The van der Waals surface area contributed by atoms with Gasteiger partial charge in [0, 0.05) is 28.9 Å². The van der Waals surface area contributed by atoms with Crippen molar-refractivity contribution in [2.75, 3.05) is 5.32 Å². The first-order valence-corrected chi connectivity index (χ1v) is 11.7. The SMILES string of the molecule is Cc1cc(C)n(Cc2cc(OC3CCCCC3)cc(CC(=O)Nc3ncc(C)s3)n2)n1. The fourth-order valence-corrected chi connectivity index (χ4v) is 4.64. The van der Waals surface area contributed by atoms with E-state index in [-0.39, 0.29) is 18.4 Å². The maximum Gasteiger partial charge on any atom is 0.232 e. The van der Waals surface area contributed by atoms with Gasteiger partial charge in [-0.15, -0.1) is 11.3 Å². The number of nitrogens with zero attached hydrogens (tertiary/aromatic N) is 4. The Hall–Kier alpha value is -2.74. The second kappa shape index (κ2) is 9.60. The zero-order valence-electron chi connectivity index (χ0n) is 18.4. The molecule has 0 radical (unpaired) electrons. The van der Waals surface area contributed by atoms with Crippen molar-refractivity contribution in [2.24, 2.45) is 0 Å². The van der Waals surface area contributed by atoms with Crippen LogP contribution in [0.4, 0.5) is 5.13 Å². The molecule has 1 fully saturated rings. The predicted molar refractivity (Wildman–Crippen MR) is 122 cm³/mol. The molecular weight excluding hydrogens is 410 g/mol. The van der Waals surface area contributed by atoms with E-state index in [4.69, 9.17) is 9.72 Å². The molecule has 0 aliphatic heterocycles. The monoisotopic (exact) mass is 439 g/mol. The van der Waals surface area contributed by atoms with E-state index in [0.717, 1.165) is 40.6 Å². The molecule has 1 aliphatic rings. The van der Waals surface area contributed by atoms with Crippen LogP contribution in [-0.2, 0) is 17.8 Å². The van der Waals surface area contributed by atoms with Gasteiger partial charge in [0.15, 0.2) is 5.13 Å². The smallest absolute Gasteiger partial charge is 0.232 e. The highest BCUT2D eigenvalue weighted by atomic mass is 32.1.